The summed E-state index contributed by atoms with van der Waals surface area (Å²) in [4.78, 5) is 0. The smallest absolute Gasteiger partial charge is 0.0569 e. The van der Waals surface area contributed by atoms with E-state index in [1.165, 1.54) is 5.56 Å². The lowest BCUT2D eigenvalue weighted by Crippen LogP contribution is -1.91. The monoisotopic (exact) mass is 171 g/mol. The van der Waals surface area contributed by atoms with Crippen LogP contribution in [0.1, 0.15) is 11.3 Å². The van der Waals surface area contributed by atoms with Gasteiger partial charge in [0.15, 0.2) is 0 Å². The van der Waals surface area contributed by atoms with Gasteiger partial charge in [0.1, 0.15) is 0 Å². The van der Waals surface area contributed by atoms with Crippen LogP contribution in [0.2, 0.25) is 0 Å². The van der Waals surface area contributed by atoms with Crippen molar-refractivity contribution in [1.29, 1.82) is 0 Å². The van der Waals surface area contributed by atoms with Crippen molar-refractivity contribution >= 4 is 0 Å². The molecule has 0 saturated carbocycles. The number of aromatic nitrogens is 2. The number of aromatic amines is 1. The molecule has 1 aromatic carbocycles. The molecule has 0 bridgehead atoms. The summed E-state index contributed by atoms with van der Waals surface area (Å²) in [6.07, 6.45) is 3.68. The summed E-state index contributed by atoms with van der Waals surface area (Å²) in [7, 11) is 0. The fourth-order valence-corrected chi connectivity index (χ4v) is 1.29. The van der Waals surface area contributed by atoms with Crippen LogP contribution in [-0.4, -0.2) is 10.2 Å². The number of H-pyrrole nitrogens is 1. The van der Waals surface area contributed by atoms with Gasteiger partial charge in [0.2, 0.25) is 0 Å². The summed E-state index contributed by atoms with van der Waals surface area (Å²) in [6, 6.07) is 13.5. The molecule has 0 aliphatic heterocycles. The van der Waals surface area contributed by atoms with Crippen LogP contribution in [0.4, 0.5) is 0 Å². The predicted octanol–water partition coefficient (Wildman–Crippen LogP) is 2.00. The molecule has 0 unspecified atom stereocenters. The van der Waals surface area contributed by atoms with Gasteiger partial charge in [-0.3, -0.25) is 5.10 Å². The van der Waals surface area contributed by atoms with Crippen molar-refractivity contribution in [3.05, 3.63) is 53.9 Å². The molecule has 2 nitrogen and oxygen atoms in total. The van der Waals surface area contributed by atoms with Gasteiger partial charge in [0.05, 0.1) is 6.20 Å². The van der Waals surface area contributed by atoms with E-state index in [2.05, 4.69) is 40.5 Å². The van der Waals surface area contributed by atoms with Crippen LogP contribution in [0, 0.1) is 6.07 Å². The van der Waals surface area contributed by atoms with E-state index < -0.39 is 0 Å². The second-order valence-corrected chi connectivity index (χ2v) is 2.98. The van der Waals surface area contributed by atoms with Gasteiger partial charge in [-0.05, 0) is 18.4 Å². The maximum absolute atomic E-state index is 3.85. The van der Waals surface area contributed by atoms with Crippen molar-refractivity contribution in [2.24, 2.45) is 0 Å². The van der Waals surface area contributed by atoms with Crippen LogP contribution in [0.25, 0.3) is 0 Å². The van der Waals surface area contributed by atoms with E-state index in [1.807, 2.05) is 6.07 Å². The Balaban J connectivity index is 1.94. The highest BCUT2D eigenvalue weighted by Crippen LogP contribution is 2.03. The van der Waals surface area contributed by atoms with Gasteiger partial charge in [0.25, 0.3) is 0 Å². The largest absolute Gasteiger partial charge is 0.282 e. The second kappa shape index (κ2) is 3.90. The highest BCUT2D eigenvalue weighted by Gasteiger charge is 1.95. The average molecular weight is 171 g/mol. The quantitative estimate of drug-likeness (QED) is 0.751. The lowest BCUT2D eigenvalue weighted by molar-refractivity contribution is 0.892. The average Bonchev–Trinajstić information content (AvgIpc) is 2.69. The molecule has 0 aliphatic carbocycles. The van der Waals surface area contributed by atoms with E-state index >= 15 is 0 Å². The molecule has 0 atom stereocenters. The molecule has 2 heteroatoms. The topological polar surface area (TPSA) is 28.7 Å². The predicted molar refractivity (Wildman–Crippen MR) is 51.3 cm³/mol. The van der Waals surface area contributed by atoms with Gasteiger partial charge in [-0.1, -0.05) is 30.3 Å². The van der Waals surface area contributed by atoms with Crippen molar-refractivity contribution in [3.63, 3.8) is 0 Å². The molecule has 1 aromatic heterocycles. The Morgan fingerprint density at radius 3 is 2.69 bits per heavy atom. The lowest BCUT2D eigenvalue weighted by Gasteiger charge is -1.97. The molecular formula is C11H11N2. The number of benzene rings is 1. The first kappa shape index (κ1) is 8.05. The molecule has 0 spiro atoms. The Hall–Kier alpha value is -1.57. The summed E-state index contributed by atoms with van der Waals surface area (Å²) in [5, 5.41) is 6.76. The maximum Gasteiger partial charge on any atom is 0.0569 e. The minimum Gasteiger partial charge on any atom is -0.282 e. The molecule has 0 amide bonds. The van der Waals surface area contributed by atoms with E-state index in [0.717, 1.165) is 18.5 Å². The summed E-state index contributed by atoms with van der Waals surface area (Å²) in [5.74, 6) is 0. The highest BCUT2D eigenvalue weighted by molar-refractivity contribution is 5.15. The fraction of sp³-hybridized carbons (Fsp3) is 0.182. The minimum absolute atomic E-state index is 0.976. The molecule has 1 N–H and O–H groups in total. The van der Waals surface area contributed by atoms with Gasteiger partial charge < -0.3 is 0 Å². The summed E-state index contributed by atoms with van der Waals surface area (Å²) < 4.78 is 0. The third-order valence-corrected chi connectivity index (χ3v) is 2.01. The lowest BCUT2D eigenvalue weighted by atomic mass is 10.1. The zero-order valence-electron chi connectivity index (χ0n) is 7.33. The van der Waals surface area contributed by atoms with Crippen LogP contribution in [-0.2, 0) is 12.8 Å². The Kier molecular flexibility index (Phi) is 2.41. The Morgan fingerprint density at radius 1 is 1.15 bits per heavy atom. The van der Waals surface area contributed by atoms with Gasteiger partial charge in [-0.2, -0.15) is 5.10 Å². The third-order valence-electron chi connectivity index (χ3n) is 2.01. The van der Waals surface area contributed by atoms with Crippen LogP contribution < -0.4 is 0 Å². The van der Waals surface area contributed by atoms with Gasteiger partial charge in [-0.25, -0.2) is 0 Å². The van der Waals surface area contributed by atoms with E-state index in [-0.39, 0.29) is 0 Å². The second-order valence-electron chi connectivity index (χ2n) is 2.98. The first-order valence-corrected chi connectivity index (χ1v) is 4.39. The third kappa shape index (κ3) is 2.18. The first-order chi connectivity index (χ1) is 6.45. The van der Waals surface area contributed by atoms with Gasteiger partial charge in [0, 0.05) is 11.8 Å². The van der Waals surface area contributed by atoms with Gasteiger partial charge in [-0.15, -0.1) is 0 Å². The highest BCUT2D eigenvalue weighted by atomic mass is 15.1. The molecule has 1 heterocycles. The Bertz CT molecular complexity index is 338. The molecule has 2 rings (SSSR count). The van der Waals surface area contributed by atoms with E-state index in [0.29, 0.717) is 0 Å². The van der Waals surface area contributed by atoms with Crippen LogP contribution in [0.15, 0.2) is 36.5 Å². The number of nitrogens with one attached hydrogen (secondary N) is 1. The molecule has 1 radical (unpaired) electrons. The maximum atomic E-state index is 3.85. The number of aryl methyl sites for hydroxylation is 2. The molecular weight excluding hydrogens is 160 g/mol. The molecule has 65 valence electrons. The van der Waals surface area contributed by atoms with Crippen molar-refractivity contribution in [2.45, 2.75) is 12.8 Å². The fourth-order valence-electron chi connectivity index (χ4n) is 1.29. The van der Waals surface area contributed by atoms with Crippen LogP contribution in [0.5, 0.6) is 0 Å². The van der Waals surface area contributed by atoms with E-state index in [1.54, 1.807) is 6.20 Å². The van der Waals surface area contributed by atoms with Crippen molar-refractivity contribution < 1.29 is 0 Å². The number of rotatable bonds is 3. The van der Waals surface area contributed by atoms with Crippen LogP contribution >= 0.6 is 0 Å². The molecule has 13 heavy (non-hydrogen) atoms. The van der Waals surface area contributed by atoms with Crippen molar-refractivity contribution in [1.82, 2.24) is 10.2 Å². The first-order valence-electron chi connectivity index (χ1n) is 4.39. The Labute approximate surface area is 77.6 Å². The van der Waals surface area contributed by atoms with E-state index in [4.69, 9.17) is 0 Å². The van der Waals surface area contributed by atoms with Gasteiger partial charge >= 0.3 is 0 Å². The normalized spacial score (nSPS) is 10.2. The van der Waals surface area contributed by atoms with Crippen molar-refractivity contribution in [3.8, 4) is 0 Å². The summed E-state index contributed by atoms with van der Waals surface area (Å²) >= 11 is 0. The number of hydrogen-bond acceptors (Lipinski definition) is 1. The van der Waals surface area contributed by atoms with Crippen molar-refractivity contribution in [2.75, 3.05) is 0 Å². The molecule has 2 aromatic rings. The standard InChI is InChI=1S/C11H11N2/c1-2-4-10(5-3-1)6-7-11-8-9-12-13-11/h1-5,9H,6-7H2,(H,12,13). The minimum atomic E-state index is 0.976. The number of hydrogen-bond donors (Lipinski definition) is 1. The van der Waals surface area contributed by atoms with Crippen LogP contribution in [0.3, 0.4) is 0 Å². The summed E-state index contributed by atoms with van der Waals surface area (Å²) in [5.41, 5.74) is 2.43. The SMILES string of the molecule is [c]1cn[nH]c1CCc1ccccc1. The number of nitrogens with zero attached hydrogens (tertiary/aromatic N) is 1. The Morgan fingerprint density at radius 2 is 2.00 bits per heavy atom. The molecule has 0 saturated heterocycles. The summed E-state index contributed by atoms with van der Waals surface area (Å²) in [6.45, 7) is 0. The molecule has 0 fully saturated rings. The zero-order valence-corrected chi connectivity index (χ0v) is 7.33. The molecule has 0 aliphatic rings. The zero-order chi connectivity index (χ0) is 8.93. The van der Waals surface area contributed by atoms with E-state index in [9.17, 15) is 0 Å².